The highest BCUT2D eigenvalue weighted by Crippen LogP contribution is 2.38. The molecule has 0 bridgehead atoms. The van der Waals surface area contributed by atoms with Crippen molar-refractivity contribution in [3.8, 4) is 5.75 Å². The van der Waals surface area contributed by atoms with Gasteiger partial charge in [0.1, 0.15) is 11.3 Å². The van der Waals surface area contributed by atoms with Crippen LogP contribution in [-0.4, -0.2) is 35.4 Å². The van der Waals surface area contributed by atoms with Gasteiger partial charge in [-0.15, -0.1) is 0 Å². The number of alkyl halides is 3. The number of halogens is 3. The van der Waals surface area contributed by atoms with Crippen molar-refractivity contribution < 1.29 is 27.2 Å². The molecule has 1 fully saturated rings. The van der Waals surface area contributed by atoms with Gasteiger partial charge in [0.05, 0.1) is 23.8 Å². The van der Waals surface area contributed by atoms with Gasteiger partial charge in [-0.25, -0.2) is 4.98 Å². The zero-order valence-electron chi connectivity index (χ0n) is 14.0. The van der Waals surface area contributed by atoms with Gasteiger partial charge in [-0.1, -0.05) is 6.07 Å². The number of imidazole rings is 1. The van der Waals surface area contributed by atoms with Gasteiger partial charge in [-0.3, -0.25) is 0 Å². The van der Waals surface area contributed by atoms with Crippen LogP contribution in [0.25, 0.3) is 11.0 Å². The predicted octanol–water partition coefficient (Wildman–Crippen LogP) is 2.89. The Morgan fingerprint density at radius 2 is 1.71 bits per heavy atom. The molecule has 0 amide bonds. The van der Waals surface area contributed by atoms with Crippen molar-refractivity contribution in [2.45, 2.75) is 45.1 Å². The highest BCUT2D eigenvalue weighted by molar-refractivity contribution is 6.65. The van der Waals surface area contributed by atoms with Crippen molar-refractivity contribution in [3.05, 3.63) is 18.0 Å². The quantitative estimate of drug-likeness (QED) is 0.853. The molecule has 0 aliphatic carbocycles. The van der Waals surface area contributed by atoms with Crippen LogP contribution in [0.5, 0.6) is 5.75 Å². The molecule has 1 aromatic heterocycles. The number of rotatable bonds is 2. The largest absolute Gasteiger partial charge is 0.497 e. The van der Waals surface area contributed by atoms with Gasteiger partial charge in [0, 0.05) is 5.46 Å². The number of aromatic amines is 1. The fourth-order valence-corrected chi connectivity index (χ4v) is 2.55. The standard InChI is InChI=1S/C15H18BF3N2O3/c1-13(2)14(3,4)24-16(23-13)8-6-7-9(22-5)11-10(8)20-12(21-11)15(17,18)19/h6-7H,1-5H3,(H,20,21). The number of aromatic nitrogens is 2. The molecule has 3 rings (SSSR count). The van der Waals surface area contributed by atoms with Crippen LogP contribution in [-0.2, 0) is 15.5 Å². The van der Waals surface area contributed by atoms with E-state index in [2.05, 4.69) is 9.97 Å². The lowest BCUT2D eigenvalue weighted by Crippen LogP contribution is -2.41. The second-order valence-corrected chi connectivity index (χ2v) is 6.75. The maximum Gasteiger partial charge on any atom is 0.497 e. The van der Waals surface area contributed by atoms with E-state index in [1.54, 1.807) is 12.1 Å². The number of H-pyrrole nitrogens is 1. The highest BCUT2D eigenvalue weighted by atomic mass is 19.4. The molecule has 2 aromatic rings. The van der Waals surface area contributed by atoms with Gasteiger partial charge in [0.2, 0.25) is 5.82 Å². The Bertz CT molecular complexity index is 770. The highest BCUT2D eigenvalue weighted by Gasteiger charge is 2.52. The molecule has 0 spiro atoms. The molecule has 1 N–H and O–H groups in total. The first-order chi connectivity index (χ1) is 11.0. The molecule has 1 aromatic carbocycles. The summed E-state index contributed by atoms with van der Waals surface area (Å²) in [6.45, 7) is 7.50. The summed E-state index contributed by atoms with van der Waals surface area (Å²) < 4.78 is 56.0. The lowest BCUT2D eigenvalue weighted by molar-refractivity contribution is -0.144. The maximum absolute atomic E-state index is 13.0. The van der Waals surface area contributed by atoms with Gasteiger partial charge in [-0.05, 0) is 33.8 Å². The van der Waals surface area contributed by atoms with E-state index in [9.17, 15) is 13.2 Å². The van der Waals surface area contributed by atoms with Crippen molar-refractivity contribution in [2.24, 2.45) is 0 Å². The van der Waals surface area contributed by atoms with E-state index in [1.807, 2.05) is 27.7 Å². The smallest absolute Gasteiger partial charge is 0.494 e. The minimum Gasteiger partial charge on any atom is -0.494 e. The van der Waals surface area contributed by atoms with Crippen molar-refractivity contribution in [3.63, 3.8) is 0 Å². The van der Waals surface area contributed by atoms with E-state index < -0.39 is 30.3 Å². The van der Waals surface area contributed by atoms with Gasteiger partial charge < -0.3 is 19.0 Å². The lowest BCUT2D eigenvalue weighted by atomic mass is 9.78. The number of hydrogen-bond acceptors (Lipinski definition) is 4. The Balaban J connectivity index is 2.15. The summed E-state index contributed by atoms with van der Waals surface area (Å²) in [7, 11) is 0.574. The number of ether oxygens (including phenoxy) is 1. The summed E-state index contributed by atoms with van der Waals surface area (Å²) in [6.07, 6.45) is -4.59. The van der Waals surface area contributed by atoms with Crippen LogP contribution in [0, 0.1) is 0 Å². The number of methoxy groups -OCH3 is 1. The minimum atomic E-state index is -4.59. The summed E-state index contributed by atoms with van der Waals surface area (Å²) in [4.78, 5) is 6.00. The molecule has 24 heavy (non-hydrogen) atoms. The molecular formula is C15H18BF3N2O3. The molecule has 130 valence electrons. The van der Waals surface area contributed by atoms with Crippen molar-refractivity contribution in [1.29, 1.82) is 0 Å². The first-order valence-corrected chi connectivity index (χ1v) is 7.46. The molecule has 5 nitrogen and oxygen atoms in total. The number of hydrogen-bond donors (Lipinski definition) is 1. The predicted molar refractivity (Wildman–Crippen MR) is 83.4 cm³/mol. The molecule has 0 radical (unpaired) electrons. The molecule has 9 heteroatoms. The third-order valence-electron chi connectivity index (χ3n) is 4.63. The van der Waals surface area contributed by atoms with Crippen LogP contribution < -0.4 is 10.2 Å². The Morgan fingerprint density at radius 3 is 2.21 bits per heavy atom. The average molecular weight is 342 g/mol. The average Bonchev–Trinajstić information content (AvgIpc) is 2.97. The molecule has 0 saturated carbocycles. The fraction of sp³-hybridized carbons (Fsp3) is 0.533. The van der Waals surface area contributed by atoms with E-state index in [4.69, 9.17) is 14.0 Å². The maximum atomic E-state index is 13.0. The van der Waals surface area contributed by atoms with Gasteiger partial charge in [-0.2, -0.15) is 13.2 Å². The summed E-state index contributed by atoms with van der Waals surface area (Å²) in [6, 6.07) is 3.19. The third-order valence-corrected chi connectivity index (χ3v) is 4.63. The molecule has 2 heterocycles. The van der Waals surface area contributed by atoms with Crippen LogP contribution in [0.15, 0.2) is 12.1 Å². The summed E-state index contributed by atoms with van der Waals surface area (Å²) in [5.41, 5.74) is -0.492. The molecule has 1 saturated heterocycles. The SMILES string of the molecule is COc1ccc(B2OC(C)(C)C(C)(C)O2)c2nc(C(F)(F)F)[nH]c12. The van der Waals surface area contributed by atoms with E-state index in [1.165, 1.54) is 7.11 Å². The van der Waals surface area contributed by atoms with Crippen molar-refractivity contribution >= 4 is 23.6 Å². The van der Waals surface area contributed by atoms with E-state index in [-0.39, 0.29) is 16.8 Å². The van der Waals surface area contributed by atoms with Crippen molar-refractivity contribution in [1.82, 2.24) is 9.97 Å². The Kier molecular flexibility index (Phi) is 3.65. The van der Waals surface area contributed by atoms with Gasteiger partial charge in [0.15, 0.2) is 0 Å². The second-order valence-electron chi connectivity index (χ2n) is 6.75. The first-order valence-electron chi connectivity index (χ1n) is 7.46. The van der Waals surface area contributed by atoms with E-state index >= 15 is 0 Å². The van der Waals surface area contributed by atoms with Crippen LogP contribution in [0.4, 0.5) is 13.2 Å². The molecule has 0 atom stereocenters. The zero-order chi connectivity index (χ0) is 17.9. The number of nitrogens with zero attached hydrogens (tertiary/aromatic N) is 1. The lowest BCUT2D eigenvalue weighted by Gasteiger charge is -2.32. The van der Waals surface area contributed by atoms with Crippen LogP contribution >= 0.6 is 0 Å². The van der Waals surface area contributed by atoms with E-state index in [0.29, 0.717) is 5.46 Å². The Morgan fingerprint density at radius 1 is 1.12 bits per heavy atom. The van der Waals surface area contributed by atoms with Gasteiger partial charge in [0.25, 0.3) is 0 Å². The molecule has 1 aliphatic rings. The first kappa shape index (κ1) is 17.1. The van der Waals surface area contributed by atoms with E-state index in [0.717, 1.165) is 0 Å². The second kappa shape index (κ2) is 5.13. The van der Waals surface area contributed by atoms with Crippen LogP contribution in [0.1, 0.15) is 33.5 Å². The van der Waals surface area contributed by atoms with Crippen molar-refractivity contribution in [2.75, 3.05) is 7.11 Å². The summed E-state index contributed by atoms with van der Waals surface area (Å²) in [5.74, 6) is -0.812. The Hall–Kier alpha value is -1.74. The molecule has 0 unspecified atom stereocenters. The number of nitrogens with one attached hydrogen (secondary N) is 1. The normalized spacial score (nSPS) is 19.9. The fourth-order valence-electron chi connectivity index (χ4n) is 2.55. The van der Waals surface area contributed by atoms with Gasteiger partial charge >= 0.3 is 13.3 Å². The summed E-state index contributed by atoms with van der Waals surface area (Å²) >= 11 is 0. The monoisotopic (exact) mass is 342 g/mol. The minimum absolute atomic E-state index is 0.125. The van der Waals surface area contributed by atoms with Crippen LogP contribution in [0.2, 0.25) is 0 Å². The number of fused-ring (bicyclic) bond motifs is 1. The Labute approximate surface area is 137 Å². The van der Waals surface area contributed by atoms with Crippen LogP contribution in [0.3, 0.4) is 0 Å². The molecular weight excluding hydrogens is 324 g/mol. The topological polar surface area (TPSA) is 56.4 Å². The number of benzene rings is 1. The third kappa shape index (κ3) is 2.55. The molecule has 1 aliphatic heterocycles. The summed E-state index contributed by atoms with van der Waals surface area (Å²) in [5, 5.41) is 0. The zero-order valence-corrected chi connectivity index (χ0v) is 14.0.